The molecule has 0 amide bonds. The van der Waals surface area contributed by atoms with Gasteiger partial charge < -0.3 is 5.32 Å². The predicted octanol–water partition coefficient (Wildman–Crippen LogP) is 2.42. The predicted molar refractivity (Wildman–Crippen MR) is 81.3 cm³/mol. The van der Waals surface area contributed by atoms with Crippen LogP contribution in [0.4, 0.5) is 0 Å². The first kappa shape index (κ1) is 14.5. The zero-order valence-corrected chi connectivity index (χ0v) is 13.5. The summed E-state index contributed by atoms with van der Waals surface area (Å²) in [5.41, 5.74) is 0. The number of sulfonamides is 1. The molecule has 3 rings (SSSR count). The number of hydrogen-bond donors (Lipinski definition) is 1. The third-order valence-corrected chi connectivity index (χ3v) is 7.42. The summed E-state index contributed by atoms with van der Waals surface area (Å²) in [7, 11) is -3.29. The van der Waals surface area contributed by atoms with Crippen LogP contribution in [-0.2, 0) is 16.6 Å². The summed E-state index contributed by atoms with van der Waals surface area (Å²) in [5.74, 6) is 0.593. The van der Waals surface area contributed by atoms with E-state index in [1.807, 2.05) is 5.38 Å². The zero-order valence-electron chi connectivity index (χ0n) is 11.8. The van der Waals surface area contributed by atoms with Crippen LogP contribution in [0.1, 0.15) is 37.5 Å². The maximum absolute atomic E-state index is 12.8. The Labute approximate surface area is 125 Å². The Kier molecular flexibility index (Phi) is 4.17. The molecular weight excluding hydrogens is 292 g/mol. The van der Waals surface area contributed by atoms with Crippen molar-refractivity contribution in [3.8, 4) is 0 Å². The maximum atomic E-state index is 12.8. The van der Waals surface area contributed by atoms with E-state index in [0.717, 1.165) is 37.2 Å². The van der Waals surface area contributed by atoms with Crippen LogP contribution in [0.15, 0.2) is 16.3 Å². The van der Waals surface area contributed by atoms with E-state index in [1.165, 1.54) is 17.8 Å². The van der Waals surface area contributed by atoms with Gasteiger partial charge in [-0.1, -0.05) is 6.92 Å². The Hall–Kier alpha value is -0.430. The monoisotopic (exact) mass is 314 g/mol. The second kappa shape index (κ2) is 5.75. The van der Waals surface area contributed by atoms with Crippen molar-refractivity contribution < 1.29 is 8.42 Å². The Balaban J connectivity index is 1.79. The molecule has 0 spiro atoms. The van der Waals surface area contributed by atoms with Crippen molar-refractivity contribution >= 4 is 21.4 Å². The Morgan fingerprint density at radius 2 is 2.30 bits per heavy atom. The fourth-order valence-corrected chi connectivity index (χ4v) is 6.49. The topological polar surface area (TPSA) is 49.4 Å². The van der Waals surface area contributed by atoms with Gasteiger partial charge in [-0.05, 0) is 49.6 Å². The van der Waals surface area contributed by atoms with E-state index in [4.69, 9.17) is 0 Å². The zero-order chi connectivity index (χ0) is 14.2. The van der Waals surface area contributed by atoms with Crippen LogP contribution in [-0.4, -0.2) is 31.9 Å². The first-order valence-electron chi connectivity index (χ1n) is 7.42. The molecule has 2 atom stereocenters. The lowest BCUT2D eigenvalue weighted by Gasteiger charge is -2.26. The number of nitrogens with one attached hydrogen (secondary N) is 1. The SMILES string of the molecule is CCCNCc1sccc1S(=O)(=O)N1CC2CCC1C2. The lowest BCUT2D eigenvalue weighted by molar-refractivity contribution is 0.333. The molecular formula is C14H22N2O2S2. The molecule has 2 bridgehead atoms. The van der Waals surface area contributed by atoms with Crippen LogP contribution < -0.4 is 5.32 Å². The van der Waals surface area contributed by atoms with Gasteiger partial charge in [-0.3, -0.25) is 0 Å². The first-order valence-corrected chi connectivity index (χ1v) is 9.74. The number of hydrogen-bond acceptors (Lipinski definition) is 4. The van der Waals surface area contributed by atoms with Gasteiger partial charge in [-0.2, -0.15) is 4.31 Å². The summed E-state index contributed by atoms with van der Waals surface area (Å²) >= 11 is 1.54. The Morgan fingerprint density at radius 3 is 2.95 bits per heavy atom. The van der Waals surface area contributed by atoms with Crippen LogP contribution in [0.3, 0.4) is 0 Å². The second-order valence-electron chi connectivity index (χ2n) is 5.79. The van der Waals surface area contributed by atoms with E-state index in [9.17, 15) is 8.42 Å². The molecule has 1 aromatic heterocycles. The van der Waals surface area contributed by atoms with Crippen molar-refractivity contribution in [2.45, 2.75) is 50.1 Å². The van der Waals surface area contributed by atoms with Crippen LogP contribution in [0.25, 0.3) is 0 Å². The molecule has 1 aromatic rings. The molecule has 2 fully saturated rings. The fourth-order valence-electron chi connectivity index (χ4n) is 3.37. The van der Waals surface area contributed by atoms with Gasteiger partial charge in [0.05, 0.1) is 4.90 Å². The third kappa shape index (κ3) is 2.54. The van der Waals surface area contributed by atoms with E-state index in [2.05, 4.69) is 12.2 Å². The van der Waals surface area contributed by atoms with Crippen molar-refractivity contribution in [1.82, 2.24) is 9.62 Å². The minimum Gasteiger partial charge on any atom is -0.312 e. The molecule has 20 heavy (non-hydrogen) atoms. The largest absolute Gasteiger partial charge is 0.312 e. The fraction of sp³-hybridized carbons (Fsp3) is 0.714. The third-order valence-electron chi connectivity index (χ3n) is 4.36. The van der Waals surface area contributed by atoms with E-state index in [-0.39, 0.29) is 6.04 Å². The van der Waals surface area contributed by atoms with Gasteiger partial charge in [0.15, 0.2) is 0 Å². The van der Waals surface area contributed by atoms with E-state index in [0.29, 0.717) is 17.4 Å². The number of fused-ring (bicyclic) bond motifs is 2. The van der Waals surface area contributed by atoms with Gasteiger partial charge in [-0.15, -0.1) is 11.3 Å². The average Bonchev–Trinajstić information content (AvgIpc) is 3.15. The van der Waals surface area contributed by atoms with Crippen LogP contribution >= 0.6 is 11.3 Å². The molecule has 2 aliphatic rings. The normalized spacial score (nSPS) is 26.4. The minimum absolute atomic E-state index is 0.251. The van der Waals surface area contributed by atoms with Crippen molar-refractivity contribution in [2.24, 2.45) is 5.92 Å². The van der Waals surface area contributed by atoms with Gasteiger partial charge in [0.1, 0.15) is 0 Å². The number of thiophene rings is 1. The summed E-state index contributed by atoms with van der Waals surface area (Å²) in [6.07, 6.45) is 4.36. The average molecular weight is 314 g/mol. The van der Waals surface area contributed by atoms with Gasteiger partial charge >= 0.3 is 0 Å². The maximum Gasteiger partial charge on any atom is 0.244 e. The Bertz CT molecular complexity index is 567. The highest BCUT2D eigenvalue weighted by molar-refractivity contribution is 7.89. The van der Waals surface area contributed by atoms with E-state index >= 15 is 0 Å². The molecule has 1 aliphatic carbocycles. The highest BCUT2D eigenvalue weighted by Crippen LogP contribution is 2.41. The molecule has 4 nitrogen and oxygen atoms in total. The molecule has 1 saturated carbocycles. The summed E-state index contributed by atoms with van der Waals surface area (Å²) < 4.78 is 27.4. The van der Waals surface area contributed by atoms with Gasteiger partial charge in [-0.25, -0.2) is 8.42 Å². The van der Waals surface area contributed by atoms with Gasteiger partial charge in [0.2, 0.25) is 10.0 Å². The van der Waals surface area contributed by atoms with Gasteiger partial charge in [0, 0.05) is 24.0 Å². The summed E-state index contributed by atoms with van der Waals surface area (Å²) in [6.45, 7) is 4.42. The number of piperidine rings is 1. The molecule has 2 heterocycles. The van der Waals surface area contributed by atoms with Crippen LogP contribution in [0.5, 0.6) is 0 Å². The summed E-state index contributed by atoms with van der Waals surface area (Å²) in [6, 6.07) is 2.02. The number of rotatable bonds is 6. The summed E-state index contributed by atoms with van der Waals surface area (Å²) in [4.78, 5) is 1.47. The highest BCUT2D eigenvalue weighted by Gasteiger charge is 2.44. The van der Waals surface area contributed by atoms with E-state index < -0.39 is 10.0 Å². The van der Waals surface area contributed by atoms with Crippen LogP contribution in [0, 0.1) is 5.92 Å². The highest BCUT2D eigenvalue weighted by atomic mass is 32.2. The lowest BCUT2D eigenvalue weighted by Crippen LogP contribution is -2.37. The molecule has 2 unspecified atom stereocenters. The molecule has 112 valence electrons. The molecule has 6 heteroatoms. The quantitative estimate of drug-likeness (QED) is 0.820. The molecule has 1 N–H and O–H groups in total. The number of nitrogens with zero attached hydrogens (tertiary/aromatic N) is 1. The molecule has 1 aliphatic heterocycles. The lowest BCUT2D eigenvalue weighted by atomic mass is 10.1. The molecule has 1 saturated heterocycles. The van der Waals surface area contributed by atoms with Crippen LogP contribution in [0.2, 0.25) is 0 Å². The smallest absolute Gasteiger partial charge is 0.244 e. The van der Waals surface area contributed by atoms with Crippen molar-refractivity contribution in [3.05, 3.63) is 16.3 Å². The molecule has 0 radical (unpaired) electrons. The van der Waals surface area contributed by atoms with Crippen molar-refractivity contribution in [2.75, 3.05) is 13.1 Å². The first-order chi connectivity index (χ1) is 9.63. The van der Waals surface area contributed by atoms with Crippen molar-refractivity contribution in [3.63, 3.8) is 0 Å². The summed E-state index contributed by atoms with van der Waals surface area (Å²) in [5, 5.41) is 5.19. The Morgan fingerprint density at radius 1 is 1.45 bits per heavy atom. The van der Waals surface area contributed by atoms with E-state index in [1.54, 1.807) is 10.4 Å². The standard InChI is InChI=1S/C14H22N2O2S2/c1-2-6-15-9-13-14(5-7-19-13)20(17,18)16-10-11-3-4-12(16)8-11/h5,7,11-12,15H,2-4,6,8-10H2,1H3. The van der Waals surface area contributed by atoms with Crippen molar-refractivity contribution in [1.29, 1.82) is 0 Å². The minimum atomic E-state index is -3.29. The molecule has 0 aromatic carbocycles. The van der Waals surface area contributed by atoms with Gasteiger partial charge in [0.25, 0.3) is 0 Å². The second-order valence-corrected chi connectivity index (χ2v) is 8.65.